The molecule has 1 aromatic carbocycles. The Balaban J connectivity index is 3.38. The number of benzene rings is 1. The summed E-state index contributed by atoms with van der Waals surface area (Å²) in [4.78, 5) is 12.1. The van der Waals surface area contributed by atoms with Crippen LogP contribution in [0, 0.1) is 26.7 Å². The molecule has 0 saturated heterocycles. The van der Waals surface area contributed by atoms with Crippen LogP contribution in [0.2, 0.25) is 0 Å². The van der Waals surface area contributed by atoms with Crippen LogP contribution in [0.25, 0.3) is 0 Å². The average molecular weight is 319 g/mol. The molecule has 4 nitrogen and oxygen atoms in total. The van der Waals surface area contributed by atoms with Crippen LogP contribution in [0.1, 0.15) is 40.9 Å². The molecule has 0 aliphatic heterocycles. The second kappa shape index (κ2) is 6.14. The van der Waals surface area contributed by atoms with E-state index in [0.29, 0.717) is 16.7 Å². The molecule has 0 aromatic heterocycles. The third kappa shape index (κ3) is 3.73. The summed E-state index contributed by atoms with van der Waals surface area (Å²) in [5.41, 5.74) is 1.81. The number of hydrogen-bond donors (Lipinski definition) is 0. The Morgan fingerprint density at radius 2 is 1.80 bits per heavy atom. The molecule has 0 N–H and O–H groups in total. The van der Waals surface area contributed by atoms with Crippen LogP contribution in [-0.4, -0.2) is 21.0 Å². The first-order valence-corrected chi connectivity index (χ1v) is 8.59. The number of rotatable bonds is 4. The van der Waals surface area contributed by atoms with Crippen molar-refractivity contribution in [3.8, 4) is 0 Å². The highest BCUT2D eigenvalue weighted by molar-refractivity contribution is 8.13. The monoisotopic (exact) mass is 318 g/mol. The zero-order valence-electron chi connectivity index (χ0n) is 12.3. The SMILES string of the molecule is Cc1cc(C)c(S(=O)(=O)Cl)c(C)c1C(=O)OCC(C)C. The molecule has 0 heterocycles. The molecule has 0 unspecified atom stereocenters. The van der Waals surface area contributed by atoms with Crippen molar-refractivity contribution < 1.29 is 17.9 Å². The topological polar surface area (TPSA) is 60.4 Å². The van der Waals surface area contributed by atoms with Crippen LogP contribution < -0.4 is 0 Å². The van der Waals surface area contributed by atoms with Gasteiger partial charge in [-0.1, -0.05) is 19.9 Å². The van der Waals surface area contributed by atoms with E-state index < -0.39 is 15.0 Å². The number of aryl methyl sites for hydroxylation is 2. The summed E-state index contributed by atoms with van der Waals surface area (Å²) in [6, 6.07) is 1.63. The van der Waals surface area contributed by atoms with Crippen molar-refractivity contribution in [3.63, 3.8) is 0 Å². The van der Waals surface area contributed by atoms with Crippen molar-refractivity contribution in [1.29, 1.82) is 0 Å². The molecule has 6 heteroatoms. The summed E-state index contributed by atoms with van der Waals surface area (Å²) < 4.78 is 28.5. The van der Waals surface area contributed by atoms with E-state index in [0.717, 1.165) is 0 Å². The van der Waals surface area contributed by atoms with Gasteiger partial charge in [0.15, 0.2) is 0 Å². The van der Waals surface area contributed by atoms with Crippen molar-refractivity contribution in [2.24, 2.45) is 5.92 Å². The minimum absolute atomic E-state index is 0.0127. The van der Waals surface area contributed by atoms with E-state index in [2.05, 4.69) is 0 Å². The molecule has 0 bridgehead atoms. The van der Waals surface area contributed by atoms with Gasteiger partial charge in [-0.2, -0.15) is 0 Å². The minimum atomic E-state index is -3.90. The van der Waals surface area contributed by atoms with Gasteiger partial charge in [-0.05, 0) is 43.4 Å². The third-order valence-corrected chi connectivity index (χ3v) is 4.48. The quantitative estimate of drug-likeness (QED) is 0.631. The predicted molar refractivity (Wildman–Crippen MR) is 78.8 cm³/mol. The Labute approximate surface area is 124 Å². The van der Waals surface area contributed by atoms with Gasteiger partial charge < -0.3 is 4.74 Å². The maximum absolute atomic E-state index is 12.1. The normalized spacial score (nSPS) is 11.8. The molecule has 0 fully saturated rings. The standard InChI is InChI=1S/C14H19ClO4S/c1-8(2)7-19-14(16)12-9(3)6-10(4)13(11(12)5)20(15,17)18/h6,8H,7H2,1-5H3. The number of carbonyl (C=O) groups is 1. The zero-order chi connectivity index (χ0) is 15.7. The molecule has 0 radical (unpaired) electrons. The van der Waals surface area contributed by atoms with Gasteiger partial charge in [-0.3, -0.25) is 0 Å². The molecule has 1 rings (SSSR count). The lowest BCUT2D eigenvalue weighted by atomic mass is 10.00. The van der Waals surface area contributed by atoms with Gasteiger partial charge in [0.2, 0.25) is 0 Å². The summed E-state index contributed by atoms with van der Waals surface area (Å²) in [5.74, 6) is -0.309. The summed E-state index contributed by atoms with van der Waals surface area (Å²) in [6.07, 6.45) is 0. The molecule has 0 aliphatic rings. The fraction of sp³-hybridized carbons (Fsp3) is 0.500. The number of carbonyl (C=O) groups excluding carboxylic acids is 1. The molecule has 112 valence electrons. The number of halogens is 1. The first kappa shape index (κ1) is 17.0. The van der Waals surface area contributed by atoms with E-state index in [1.54, 1.807) is 26.8 Å². The number of esters is 1. The second-order valence-electron chi connectivity index (χ2n) is 5.27. The van der Waals surface area contributed by atoms with E-state index in [9.17, 15) is 13.2 Å². The lowest BCUT2D eigenvalue weighted by Crippen LogP contribution is -2.15. The summed E-state index contributed by atoms with van der Waals surface area (Å²) in [5, 5.41) is 0. The fourth-order valence-electron chi connectivity index (χ4n) is 2.17. The maximum Gasteiger partial charge on any atom is 0.338 e. The predicted octanol–water partition coefficient (Wildman–Crippen LogP) is 3.35. The van der Waals surface area contributed by atoms with Crippen molar-refractivity contribution in [2.45, 2.75) is 39.5 Å². The smallest absolute Gasteiger partial charge is 0.338 e. The molecule has 0 amide bonds. The fourth-order valence-corrected chi connectivity index (χ4v) is 3.79. The second-order valence-corrected chi connectivity index (χ2v) is 7.77. The lowest BCUT2D eigenvalue weighted by Gasteiger charge is -2.15. The van der Waals surface area contributed by atoms with Gasteiger partial charge in [0.05, 0.1) is 17.1 Å². The Morgan fingerprint density at radius 3 is 2.25 bits per heavy atom. The van der Waals surface area contributed by atoms with Crippen LogP contribution in [0.15, 0.2) is 11.0 Å². The molecule has 0 spiro atoms. The summed E-state index contributed by atoms with van der Waals surface area (Å²) >= 11 is 0. The van der Waals surface area contributed by atoms with E-state index in [1.165, 1.54) is 0 Å². The lowest BCUT2D eigenvalue weighted by molar-refractivity contribution is 0.0457. The first-order chi connectivity index (χ1) is 9.05. The van der Waals surface area contributed by atoms with E-state index in [1.807, 2.05) is 13.8 Å². The highest BCUT2D eigenvalue weighted by atomic mass is 35.7. The zero-order valence-corrected chi connectivity index (χ0v) is 13.9. The average Bonchev–Trinajstić information content (AvgIpc) is 2.23. The molecule has 0 saturated carbocycles. The molecular weight excluding hydrogens is 300 g/mol. The number of hydrogen-bond acceptors (Lipinski definition) is 4. The molecule has 1 aromatic rings. The molecular formula is C14H19ClO4S. The van der Waals surface area contributed by atoms with Gasteiger partial charge >= 0.3 is 5.97 Å². The molecule has 0 atom stereocenters. The minimum Gasteiger partial charge on any atom is -0.462 e. The Bertz CT molecular complexity index is 633. The van der Waals surface area contributed by atoms with Gasteiger partial charge in [0.25, 0.3) is 9.05 Å². The van der Waals surface area contributed by atoms with Gasteiger partial charge in [0, 0.05) is 10.7 Å². The van der Waals surface area contributed by atoms with E-state index in [4.69, 9.17) is 15.4 Å². The summed E-state index contributed by atoms with van der Waals surface area (Å²) in [6.45, 7) is 9.11. The summed E-state index contributed by atoms with van der Waals surface area (Å²) in [7, 11) is 1.54. The largest absolute Gasteiger partial charge is 0.462 e. The Hall–Kier alpha value is -1.07. The van der Waals surface area contributed by atoms with Crippen LogP contribution >= 0.6 is 10.7 Å². The van der Waals surface area contributed by atoms with Crippen LogP contribution in [0.5, 0.6) is 0 Å². The molecule has 20 heavy (non-hydrogen) atoms. The Morgan fingerprint density at radius 1 is 1.25 bits per heavy atom. The maximum atomic E-state index is 12.1. The first-order valence-electron chi connectivity index (χ1n) is 6.28. The molecule has 0 aliphatic carbocycles. The van der Waals surface area contributed by atoms with Crippen LogP contribution in [0.4, 0.5) is 0 Å². The van der Waals surface area contributed by atoms with Gasteiger partial charge in [-0.15, -0.1) is 0 Å². The van der Waals surface area contributed by atoms with Crippen molar-refractivity contribution in [3.05, 3.63) is 28.3 Å². The highest BCUT2D eigenvalue weighted by Gasteiger charge is 2.24. The highest BCUT2D eigenvalue weighted by Crippen LogP contribution is 2.29. The van der Waals surface area contributed by atoms with E-state index >= 15 is 0 Å². The van der Waals surface area contributed by atoms with Gasteiger partial charge in [-0.25, -0.2) is 13.2 Å². The van der Waals surface area contributed by atoms with Crippen molar-refractivity contribution in [1.82, 2.24) is 0 Å². The van der Waals surface area contributed by atoms with Crippen molar-refractivity contribution >= 4 is 25.7 Å². The van der Waals surface area contributed by atoms with Crippen LogP contribution in [0.3, 0.4) is 0 Å². The van der Waals surface area contributed by atoms with Gasteiger partial charge in [0.1, 0.15) is 0 Å². The van der Waals surface area contributed by atoms with E-state index in [-0.39, 0.29) is 23.0 Å². The number of ether oxygens (including phenoxy) is 1. The Kier molecular flexibility index (Phi) is 5.21. The third-order valence-electron chi connectivity index (χ3n) is 2.90. The van der Waals surface area contributed by atoms with Crippen molar-refractivity contribution in [2.75, 3.05) is 6.61 Å². The van der Waals surface area contributed by atoms with Crippen LogP contribution in [-0.2, 0) is 13.8 Å².